The van der Waals surface area contributed by atoms with Gasteiger partial charge in [0, 0.05) is 14.2 Å². The molecular formula is C12H15ClO5. The summed E-state index contributed by atoms with van der Waals surface area (Å²) in [5.41, 5.74) is 0.275. The molecule has 0 fully saturated rings. The number of hydrogen-bond acceptors (Lipinski definition) is 5. The predicted molar refractivity (Wildman–Crippen MR) is 66.5 cm³/mol. The summed E-state index contributed by atoms with van der Waals surface area (Å²) in [6, 6.07) is 3.18. The molecule has 0 saturated heterocycles. The van der Waals surface area contributed by atoms with Crippen molar-refractivity contribution in [1.29, 1.82) is 0 Å². The third-order valence-electron chi connectivity index (χ3n) is 2.08. The third-order valence-corrected chi connectivity index (χ3v) is 2.37. The number of hydrogen-bond donors (Lipinski definition) is 0. The van der Waals surface area contributed by atoms with Gasteiger partial charge < -0.3 is 18.9 Å². The van der Waals surface area contributed by atoms with Gasteiger partial charge in [-0.3, -0.25) is 4.79 Å². The lowest BCUT2D eigenvalue weighted by atomic mass is 10.1. The SMILES string of the molecule is COCOc1ccc(Cl)c(OCOC)c1C(C)=O. The number of ether oxygens (including phenoxy) is 4. The monoisotopic (exact) mass is 274 g/mol. The van der Waals surface area contributed by atoms with Gasteiger partial charge in [0.2, 0.25) is 0 Å². The van der Waals surface area contributed by atoms with Crippen molar-refractivity contribution >= 4 is 17.4 Å². The molecule has 6 heteroatoms. The van der Waals surface area contributed by atoms with Crippen LogP contribution in [0, 0.1) is 0 Å². The van der Waals surface area contributed by atoms with Gasteiger partial charge in [0.05, 0.1) is 5.02 Å². The zero-order valence-electron chi connectivity index (χ0n) is 10.5. The van der Waals surface area contributed by atoms with Gasteiger partial charge in [-0.15, -0.1) is 0 Å². The first-order valence-corrected chi connectivity index (χ1v) is 5.56. The van der Waals surface area contributed by atoms with E-state index >= 15 is 0 Å². The quantitative estimate of drug-likeness (QED) is 0.565. The third kappa shape index (κ3) is 3.60. The van der Waals surface area contributed by atoms with Crippen LogP contribution >= 0.6 is 11.6 Å². The Hall–Kier alpha value is -1.30. The van der Waals surface area contributed by atoms with Crippen LogP contribution in [-0.2, 0) is 9.47 Å². The number of ketones is 1. The molecule has 0 aliphatic carbocycles. The number of carbonyl (C=O) groups excluding carboxylic acids is 1. The van der Waals surface area contributed by atoms with Crippen molar-refractivity contribution in [2.45, 2.75) is 6.92 Å². The zero-order valence-corrected chi connectivity index (χ0v) is 11.2. The summed E-state index contributed by atoms with van der Waals surface area (Å²) < 4.78 is 20.2. The lowest BCUT2D eigenvalue weighted by Crippen LogP contribution is -2.08. The Morgan fingerprint density at radius 2 is 1.78 bits per heavy atom. The summed E-state index contributed by atoms with van der Waals surface area (Å²) in [6.07, 6.45) is 0. The molecule has 0 heterocycles. The summed E-state index contributed by atoms with van der Waals surface area (Å²) in [7, 11) is 2.97. The number of halogens is 1. The van der Waals surface area contributed by atoms with E-state index in [9.17, 15) is 4.79 Å². The van der Waals surface area contributed by atoms with Gasteiger partial charge in [-0.25, -0.2) is 0 Å². The molecule has 1 rings (SSSR count). The average Bonchev–Trinajstić information content (AvgIpc) is 2.35. The largest absolute Gasteiger partial charge is 0.467 e. The molecule has 100 valence electrons. The van der Waals surface area contributed by atoms with Gasteiger partial charge in [-0.05, 0) is 19.1 Å². The molecule has 1 aromatic rings. The highest BCUT2D eigenvalue weighted by Crippen LogP contribution is 2.36. The number of Topliss-reactive ketones (excluding diaryl/α,β-unsaturated/α-hetero) is 1. The van der Waals surface area contributed by atoms with Gasteiger partial charge >= 0.3 is 0 Å². The minimum Gasteiger partial charge on any atom is -0.467 e. The van der Waals surface area contributed by atoms with E-state index in [1.807, 2.05) is 0 Å². The van der Waals surface area contributed by atoms with Gasteiger partial charge in [-0.1, -0.05) is 11.6 Å². The van der Waals surface area contributed by atoms with Gasteiger partial charge in [0.15, 0.2) is 25.1 Å². The van der Waals surface area contributed by atoms with Crippen molar-refractivity contribution in [3.8, 4) is 11.5 Å². The molecule has 1 aromatic carbocycles. The van der Waals surface area contributed by atoms with Crippen molar-refractivity contribution < 1.29 is 23.7 Å². The fraction of sp³-hybridized carbons (Fsp3) is 0.417. The van der Waals surface area contributed by atoms with E-state index in [0.29, 0.717) is 10.8 Å². The minimum atomic E-state index is -0.213. The summed E-state index contributed by atoms with van der Waals surface area (Å²) in [5, 5.41) is 0.321. The maximum absolute atomic E-state index is 11.7. The minimum absolute atomic E-state index is 0.00622. The van der Waals surface area contributed by atoms with Crippen molar-refractivity contribution in [2.75, 3.05) is 27.8 Å². The van der Waals surface area contributed by atoms with E-state index in [2.05, 4.69) is 0 Å². The van der Waals surface area contributed by atoms with E-state index in [1.54, 1.807) is 12.1 Å². The number of benzene rings is 1. The highest BCUT2D eigenvalue weighted by molar-refractivity contribution is 6.32. The predicted octanol–water partition coefficient (Wildman–Crippen LogP) is 2.51. The van der Waals surface area contributed by atoms with Gasteiger partial charge in [-0.2, -0.15) is 0 Å². The van der Waals surface area contributed by atoms with Crippen LogP contribution in [0.2, 0.25) is 5.02 Å². The molecule has 5 nitrogen and oxygen atoms in total. The summed E-state index contributed by atoms with van der Waals surface area (Å²) in [4.78, 5) is 11.7. The number of carbonyl (C=O) groups is 1. The molecule has 18 heavy (non-hydrogen) atoms. The van der Waals surface area contributed by atoms with Crippen molar-refractivity contribution in [1.82, 2.24) is 0 Å². The van der Waals surface area contributed by atoms with Crippen LogP contribution in [-0.4, -0.2) is 33.6 Å². The molecule has 0 spiro atoms. The van der Waals surface area contributed by atoms with Crippen LogP contribution in [0.1, 0.15) is 17.3 Å². The molecule has 0 radical (unpaired) electrons. The van der Waals surface area contributed by atoms with E-state index in [1.165, 1.54) is 21.1 Å². The van der Waals surface area contributed by atoms with E-state index in [-0.39, 0.29) is 30.7 Å². The Balaban J connectivity index is 3.15. The van der Waals surface area contributed by atoms with Crippen LogP contribution < -0.4 is 9.47 Å². The second-order valence-electron chi connectivity index (χ2n) is 3.41. The van der Waals surface area contributed by atoms with E-state index < -0.39 is 0 Å². The Labute approximate surface area is 111 Å². The molecule has 0 atom stereocenters. The Morgan fingerprint density at radius 3 is 2.33 bits per heavy atom. The van der Waals surface area contributed by atoms with Crippen LogP contribution in [0.5, 0.6) is 11.5 Å². The first kappa shape index (κ1) is 14.8. The molecular weight excluding hydrogens is 260 g/mol. The molecule has 0 aliphatic rings. The van der Waals surface area contributed by atoms with Crippen molar-refractivity contribution in [3.63, 3.8) is 0 Å². The van der Waals surface area contributed by atoms with Gasteiger partial charge in [0.1, 0.15) is 11.3 Å². The van der Waals surface area contributed by atoms with E-state index in [0.717, 1.165) is 0 Å². The first-order chi connectivity index (χ1) is 8.61. The lowest BCUT2D eigenvalue weighted by molar-refractivity contribution is 0.0446. The fourth-order valence-corrected chi connectivity index (χ4v) is 1.59. The smallest absolute Gasteiger partial charge is 0.188 e. The summed E-state index contributed by atoms with van der Waals surface area (Å²) in [6.45, 7) is 1.43. The molecule has 0 unspecified atom stereocenters. The molecule has 0 saturated carbocycles. The Kier molecular flexibility index (Phi) is 5.91. The van der Waals surface area contributed by atoms with Crippen LogP contribution in [0.25, 0.3) is 0 Å². The Morgan fingerprint density at radius 1 is 1.17 bits per heavy atom. The fourth-order valence-electron chi connectivity index (χ4n) is 1.37. The van der Waals surface area contributed by atoms with Crippen LogP contribution in [0.3, 0.4) is 0 Å². The topological polar surface area (TPSA) is 54.0 Å². The highest BCUT2D eigenvalue weighted by atomic mass is 35.5. The number of rotatable bonds is 7. The second-order valence-corrected chi connectivity index (χ2v) is 3.81. The average molecular weight is 275 g/mol. The maximum Gasteiger partial charge on any atom is 0.188 e. The number of methoxy groups -OCH3 is 2. The Bertz CT molecular complexity index is 419. The highest BCUT2D eigenvalue weighted by Gasteiger charge is 2.19. The molecule has 0 amide bonds. The second kappa shape index (κ2) is 7.20. The summed E-state index contributed by atoms with van der Waals surface area (Å²) in [5.74, 6) is 0.397. The molecule has 0 aliphatic heterocycles. The first-order valence-electron chi connectivity index (χ1n) is 5.18. The maximum atomic E-state index is 11.7. The van der Waals surface area contributed by atoms with Crippen LogP contribution in [0.15, 0.2) is 12.1 Å². The lowest BCUT2D eigenvalue weighted by Gasteiger charge is -2.15. The zero-order chi connectivity index (χ0) is 13.5. The van der Waals surface area contributed by atoms with Crippen LogP contribution in [0.4, 0.5) is 0 Å². The van der Waals surface area contributed by atoms with Crippen molar-refractivity contribution in [2.24, 2.45) is 0 Å². The molecule has 0 N–H and O–H groups in total. The molecule has 0 bridgehead atoms. The molecule has 0 aromatic heterocycles. The standard InChI is InChI=1S/C12H15ClO5/c1-8(14)11-10(17-6-15-2)5-4-9(13)12(11)18-7-16-3/h4-5H,6-7H2,1-3H3. The van der Waals surface area contributed by atoms with E-state index in [4.69, 9.17) is 30.5 Å². The summed E-state index contributed by atoms with van der Waals surface area (Å²) >= 11 is 6.00. The normalized spacial score (nSPS) is 10.2. The van der Waals surface area contributed by atoms with Gasteiger partial charge in [0.25, 0.3) is 0 Å². The van der Waals surface area contributed by atoms with Crippen molar-refractivity contribution in [3.05, 3.63) is 22.7 Å².